The molecule has 0 aliphatic carbocycles. The number of amides is 1. The summed E-state index contributed by atoms with van der Waals surface area (Å²) in [5, 5.41) is 3.93. The number of aromatic nitrogens is 1. The summed E-state index contributed by atoms with van der Waals surface area (Å²) in [5.41, 5.74) is 3.44. The molecule has 0 bridgehead atoms. The van der Waals surface area contributed by atoms with Gasteiger partial charge in [-0.2, -0.15) is 5.10 Å². The second-order valence-electron chi connectivity index (χ2n) is 4.57. The molecule has 0 radical (unpaired) electrons. The number of hydrazone groups is 1. The fraction of sp³-hybridized carbons (Fsp3) is 0.462. The SMILES string of the molecule is O=C(C[NH+]1CCCCC1)N/N=C\c1cccnc1. The number of pyridine rings is 1. The van der Waals surface area contributed by atoms with Crippen molar-refractivity contribution in [3.8, 4) is 0 Å². The van der Waals surface area contributed by atoms with Crippen molar-refractivity contribution in [3.05, 3.63) is 30.1 Å². The number of nitrogens with zero attached hydrogens (tertiary/aromatic N) is 2. The van der Waals surface area contributed by atoms with E-state index in [1.165, 1.54) is 24.2 Å². The largest absolute Gasteiger partial charge is 0.327 e. The maximum absolute atomic E-state index is 11.6. The van der Waals surface area contributed by atoms with Gasteiger partial charge in [0.05, 0.1) is 19.3 Å². The first-order valence-electron chi connectivity index (χ1n) is 6.40. The molecule has 0 saturated carbocycles. The number of hydrogen-bond donors (Lipinski definition) is 2. The minimum absolute atomic E-state index is 0.0213. The Balaban J connectivity index is 1.72. The Morgan fingerprint density at radius 2 is 2.28 bits per heavy atom. The number of rotatable bonds is 4. The summed E-state index contributed by atoms with van der Waals surface area (Å²) in [6.07, 6.45) is 8.75. The van der Waals surface area contributed by atoms with Crippen molar-refractivity contribution in [2.45, 2.75) is 19.3 Å². The highest BCUT2D eigenvalue weighted by Gasteiger charge is 2.16. The maximum Gasteiger partial charge on any atom is 0.295 e. The molecule has 0 spiro atoms. The molecule has 1 aliphatic heterocycles. The molecule has 5 heteroatoms. The second-order valence-corrected chi connectivity index (χ2v) is 4.57. The van der Waals surface area contributed by atoms with Crippen molar-refractivity contribution in [1.29, 1.82) is 0 Å². The monoisotopic (exact) mass is 247 g/mol. The van der Waals surface area contributed by atoms with Gasteiger partial charge < -0.3 is 4.90 Å². The normalized spacial score (nSPS) is 16.9. The summed E-state index contributed by atoms with van der Waals surface area (Å²) in [6, 6.07) is 3.72. The number of piperidine rings is 1. The molecule has 1 aliphatic rings. The average Bonchev–Trinajstić information content (AvgIpc) is 2.41. The molecule has 0 atom stereocenters. The highest BCUT2D eigenvalue weighted by atomic mass is 16.2. The molecule has 1 fully saturated rings. The van der Waals surface area contributed by atoms with Crippen LogP contribution in [0.3, 0.4) is 0 Å². The zero-order valence-electron chi connectivity index (χ0n) is 10.4. The van der Waals surface area contributed by atoms with Crippen LogP contribution in [0.2, 0.25) is 0 Å². The van der Waals surface area contributed by atoms with Gasteiger partial charge in [-0.25, -0.2) is 5.43 Å². The minimum atomic E-state index is -0.0213. The van der Waals surface area contributed by atoms with E-state index in [0.717, 1.165) is 18.7 Å². The van der Waals surface area contributed by atoms with Gasteiger partial charge in [0.2, 0.25) is 0 Å². The topological polar surface area (TPSA) is 58.8 Å². The van der Waals surface area contributed by atoms with Crippen molar-refractivity contribution in [2.24, 2.45) is 5.10 Å². The molecule has 1 amide bonds. The van der Waals surface area contributed by atoms with Crippen LogP contribution in [0.5, 0.6) is 0 Å². The third-order valence-corrected chi connectivity index (χ3v) is 3.06. The summed E-state index contributed by atoms with van der Waals surface area (Å²) in [4.78, 5) is 17.0. The molecule has 1 aromatic rings. The highest BCUT2D eigenvalue weighted by molar-refractivity contribution is 5.82. The van der Waals surface area contributed by atoms with Crippen LogP contribution in [-0.2, 0) is 4.79 Å². The third-order valence-electron chi connectivity index (χ3n) is 3.06. The summed E-state index contributed by atoms with van der Waals surface area (Å²) in [5.74, 6) is -0.0213. The number of nitrogens with one attached hydrogen (secondary N) is 2. The van der Waals surface area contributed by atoms with Gasteiger partial charge in [-0.3, -0.25) is 9.78 Å². The lowest BCUT2D eigenvalue weighted by Gasteiger charge is -2.22. The van der Waals surface area contributed by atoms with E-state index < -0.39 is 0 Å². The molecule has 5 nitrogen and oxygen atoms in total. The van der Waals surface area contributed by atoms with Gasteiger partial charge in [0.25, 0.3) is 5.91 Å². The van der Waals surface area contributed by atoms with E-state index in [2.05, 4.69) is 15.5 Å². The second kappa shape index (κ2) is 6.86. The van der Waals surface area contributed by atoms with Crippen molar-refractivity contribution in [2.75, 3.05) is 19.6 Å². The van der Waals surface area contributed by atoms with E-state index in [1.54, 1.807) is 18.6 Å². The van der Waals surface area contributed by atoms with Gasteiger partial charge in [-0.15, -0.1) is 0 Å². The van der Waals surface area contributed by atoms with Gasteiger partial charge in [-0.05, 0) is 25.3 Å². The van der Waals surface area contributed by atoms with Crippen molar-refractivity contribution in [1.82, 2.24) is 10.4 Å². The van der Waals surface area contributed by atoms with Crippen LogP contribution >= 0.6 is 0 Å². The number of quaternary nitrogens is 1. The van der Waals surface area contributed by atoms with E-state index in [0.29, 0.717) is 6.54 Å². The molecule has 2 rings (SSSR count). The smallest absolute Gasteiger partial charge is 0.295 e. The lowest BCUT2D eigenvalue weighted by molar-refractivity contribution is -0.896. The van der Waals surface area contributed by atoms with Crippen LogP contribution in [0, 0.1) is 0 Å². The number of carbonyl (C=O) groups is 1. The van der Waals surface area contributed by atoms with E-state index >= 15 is 0 Å². The fourth-order valence-electron chi connectivity index (χ4n) is 2.13. The van der Waals surface area contributed by atoms with Gasteiger partial charge in [0, 0.05) is 18.0 Å². The molecule has 96 valence electrons. The Morgan fingerprint density at radius 3 is 3.00 bits per heavy atom. The average molecular weight is 247 g/mol. The van der Waals surface area contributed by atoms with Crippen LogP contribution in [0.4, 0.5) is 0 Å². The van der Waals surface area contributed by atoms with Crippen LogP contribution in [-0.4, -0.2) is 36.7 Å². The van der Waals surface area contributed by atoms with Gasteiger partial charge in [0.15, 0.2) is 6.54 Å². The Bertz CT molecular complexity index is 399. The summed E-state index contributed by atoms with van der Waals surface area (Å²) in [6.45, 7) is 2.71. The molecule has 2 heterocycles. The standard InChI is InChI=1S/C13H18N4O/c18-13(11-17-7-2-1-3-8-17)16-15-10-12-5-4-6-14-9-12/h4-6,9-10H,1-3,7-8,11H2,(H,16,18)/p+1/b15-10-. The van der Waals surface area contributed by atoms with E-state index in [4.69, 9.17) is 0 Å². The summed E-state index contributed by atoms with van der Waals surface area (Å²) in [7, 11) is 0. The zero-order valence-corrected chi connectivity index (χ0v) is 10.4. The number of hydrogen-bond acceptors (Lipinski definition) is 3. The number of likely N-dealkylation sites (tertiary alicyclic amines) is 1. The number of carbonyl (C=O) groups excluding carboxylic acids is 1. The molecular formula is C13H19N4O+. The fourth-order valence-corrected chi connectivity index (χ4v) is 2.13. The van der Waals surface area contributed by atoms with Crippen LogP contribution < -0.4 is 10.3 Å². The van der Waals surface area contributed by atoms with E-state index in [-0.39, 0.29) is 5.91 Å². The van der Waals surface area contributed by atoms with Crippen molar-refractivity contribution >= 4 is 12.1 Å². The predicted molar refractivity (Wildman–Crippen MR) is 69.4 cm³/mol. The van der Waals surface area contributed by atoms with Crippen molar-refractivity contribution < 1.29 is 9.69 Å². The first kappa shape index (κ1) is 12.7. The van der Waals surface area contributed by atoms with E-state index in [9.17, 15) is 4.79 Å². The Labute approximate surface area is 107 Å². The Kier molecular flexibility index (Phi) is 4.84. The molecule has 2 N–H and O–H groups in total. The molecule has 1 aromatic heterocycles. The van der Waals surface area contributed by atoms with Gasteiger partial charge in [-0.1, -0.05) is 6.07 Å². The lowest BCUT2D eigenvalue weighted by atomic mass is 10.1. The van der Waals surface area contributed by atoms with Gasteiger partial charge >= 0.3 is 0 Å². The summed E-state index contributed by atoms with van der Waals surface area (Å²) >= 11 is 0. The molecule has 18 heavy (non-hydrogen) atoms. The molecule has 1 saturated heterocycles. The van der Waals surface area contributed by atoms with E-state index in [1.807, 2.05) is 12.1 Å². The zero-order chi connectivity index (χ0) is 12.6. The Morgan fingerprint density at radius 1 is 1.44 bits per heavy atom. The third kappa shape index (κ3) is 4.25. The first-order valence-corrected chi connectivity index (χ1v) is 6.40. The maximum atomic E-state index is 11.6. The van der Waals surface area contributed by atoms with Crippen molar-refractivity contribution in [3.63, 3.8) is 0 Å². The first-order chi connectivity index (χ1) is 8.84. The lowest BCUT2D eigenvalue weighted by Crippen LogP contribution is -3.13. The van der Waals surface area contributed by atoms with Crippen LogP contribution in [0.15, 0.2) is 29.6 Å². The molecular weight excluding hydrogens is 228 g/mol. The molecule has 0 unspecified atom stereocenters. The van der Waals surface area contributed by atoms with Gasteiger partial charge in [0.1, 0.15) is 0 Å². The highest BCUT2D eigenvalue weighted by Crippen LogP contribution is 1.94. The van der Waals surface area contributed by atoms with Crippen LogP contribution in [0.1, 0.15) is 24.8 Å². The quantitative estimate of drug-likeness (QED) is 0.562. The molecule has 0 aromatic carbocycles. The Hall–Kier alpha value is -1.75. The predicted octanol–water partition coefficient (Wildman–Crippen LogP) is -0.399. The van der Waals surface area contributed by atoms with Crippen LogP contribution in [0.25, 0.3) is 0 Å². The summed E-state index contributed by atoms with van der Waals surface area (Å²) < 4.78 is 0. The minimum Gasteiger partial charge on any atom is -0.327 e.